The lowest BCUT2D eigenvalue weighted by atomic mass is 10.3. The molecule has 0 atom stereocenters. The van der Waals surface area contributed by atoms with Gasteiger partial charge in [-0.05, 0) is 22.0 Å². The number of fused-ring (bicyclic) bond motifs is 1. The third-order valence-corrected chi connectivity index (χ3v) is 2.51. The molecule has 0 bridgehead atoms. The van der Waals surface area contributed by atoms with E-state index < -0.39 is 0 Å². The Labute approximate surface area is 83.7 Å². The van der Waals surface area contributed by atoms with E-state index in [0.717, 1.165) is 15.4 Å². The summed E-state index contributed by atoms with van der Waals surface area (Å²) in [5.41, 5.74) is 0.982. The molecule has 13 heavy (non-hydrogen) atoms. The molecule has 0 fully saturated rings. The molecule has 0 spiro atoms. The molecular weight excluding hydrogens is 230 g/mol. The first-order valence-electron chi connectivity index (χ1n) is 3.78. The van der Waals surface area contributed by atoms with Gasteiger partial charge in [-0.3, -0.25) is 4.98 Å². The summed E-state index contributed by atoms with van der Waals surface area (Å²) in [6.07, 6.45) is 5.40. The Kier molecular flexibility index (Phi) is 2.03. The van der Waals surface area contributed by atoms with Gasteiger partial charge in [-0.15, -0.1) is 0 Å². The fourth-order valence-electron chi connectivity index (χ4n) is 1.30. The average Bonchev–Trinajstić information content (AvgIpc) is 2.46. The summed E-state index contributed by atoms with van der Waals surface area (Å²) in [4.78, 5) is 4.02. The van der Waals surface area contributed by atoms with Crippen molar-refractivity contribution in [3.05, 3.63) is 29.1 Å². The number of rotatable bonds is 1. The molecule has 2 heterocycles. The average molecular weight is 236 g/mol. The molecule has 2 aromatic heterocycles. The van der Waals surface area contributed by atoms with Crippen molar-refractivity contribution in [3.63, 3.8) is 0 Å². The van der Waals surface area contributed by atoms with E-state index >= 15 is 0 Å². The molecule has 0 saturated carbocycles. The normalized spacial score (nSPS) is 10.2. The summed E-state index contributed by atoms with van der Waals surface area (Å²) in [6.45, 7) is 0.355. The second-order valence-electron chi connectivity index (χ2n) is 2.66. The van der Waals surface area contributed by atoms with Crippen LogP contribution in [-0.2, 0) is 6.54 Å². The fraction of sp³-hybridized carbons (Fsp3) is 0.111. The Morgan fingerprint density at radius 1 is 1.62 bits per heavy atom. The highest BCUT2D eigenvalue weighted by Gasteiger charge is 2.04. The van der Waals surface area contributed by atoms with Crippen molar-refractivity contribution in [1.82, 2.24) is 9.55 Å². The molecule has 2 rings (SSSR count). The van der Waals surface area contributed by atoms with Crippen LogP contribution in [0, 0.1) is 11.3 Å². The molecular formula is C9H6BrN3. The number of hydrogen-bond donors (Lipinski definition) is 0. The monoisotopic (exact) mass is 235 g/mol. The highest BCUT2D eigenvalue weighted by atomic mass is 79.9. The third-order valence-electron chi connectivity index (χ3n) is 1.88. The Hall–Kier alpha value is -1.34. The van der Waals surface area contributed by atoms with Gasteiger partial charge in [0.05, 0.1) is 17.8 Å². The summed E-state index contributed by atoms with van der Waals surface area (Å²) in [7, 11) is 0. The van der Waals surface area contributed by atoms with E-state index in [4.69, 9.17) is 5.26 Å². The molecule has 4 heteroatoms. The molecule has 0 amide bonds. The van der Waals surface area contributed by atoms with E-state index in [2.05, 4.69) is 27.0 Å². The first kappa shape index (κ1) is 8.27. The first-order valence-corrected chi connectivity index (χ1v) is 4.57. The summed E-state index contributed by atoms with van der Waals surface area (Å²) in [5, 5.41) is 9.67. The molecule has 0 unspecified atom stereocenters. The van der Waals surface area contributed by atoms with E-state index in [1.54, 1.807) is 12.4 Å². The van der Waals surface area contributed by atoms with E-state index in [-0.39, 0.29) is 0 Å². The Balaban J connectivity index is 2.72. The van der Waals surface area contributed by atoms with Crippen LogP contribution in [0.5, 0.6) is 0 Å². The smallest absolute Gasteiger partial charge is 0.110 e. The van der Waals surface area contributed by atoms with E-state index in [1.165, 1.54) is 0 Å². The van der Waals surface area contributed by atoms with Crippen LogP contribution in [0.15, 0.2) is 29.1 Å². The zero-order valence-electron chi connectivity index (χ0n) is 6.74. The largest absolute Gasteiger partial charge is 0.331 e. The molecule has 0 aliphatic heterocycles. The van der Waals surface area contributed by atoms with Crippen LogP contribution in [0.2, 0.25) is 0 Å². The number of halogens is 1. The van der Waals surface area contributed by atoms with Gasteiger partial charge in [0.2, 0.25) is 0 Å². The van der Waals surface area contributed by atoms with Crippen LogP contribution >= 0.6 is 15.9 Å². The van der Waals surface area contributed by atoms with E-state index in [9.17, 15) is 0 Å². The van der Waals surface area contributed by atoms with Gasteiger partial charge in [0.1, 0.15) is 6.54 Å². The predicted molar refractivity (Wildman–Crippen MR) is 53.0 cm³/mol. The number of aromatic nitrogens is 2. The van der Waals surface area contributed by atoms with Crippen LogP contribution < -0.4 is 0 Å². The van der Waals surface area contributed by atoms with Crippen LogP contribution in [-0.4, -0.2) is 9.55 Å². The van der Waals surface area contributed by atoms with E-state index in [0.29, 0.717) is 6.54 Å². The number of hydrogen-bond acceptors (Lipinski definition) is 2. The zero-order valence-corrected chi connectivity index (χ0v) is 8.32. The minimum absolute atomic E-state index is 0.355. The SMILES string of the molecule is N#CCn1cc(Br)c2ccncc21. The first-order chi connectivity index (χ1) is 6.33. The van der Waals surface area contributed by atoms with Gasteiger partial charge in [0.15, 0.2) is 0 Å². The van der Waals surface area contributed by atoms with Crippen molar-refractivity contribution in [3.8, 4) is 6.07 Å². The van der Waals surface area contributed by atoms with Crippen molar-refractivity contribution < 1.29 is 0 Å². The van der Waals surface area contributed by atoms with Gasteiger partial charge in [-0.2, -0.15) is 5.26 Å². The summed E-state index contributed by atoms with van der Waals surface area (Å²) >= 11 is 3.43. The lowest BCUT2D eigenvalue weighted by molar-refractivity contribution is 0.870. The third kappa shape index (κ3) is 1.31. The quantitative estimate of drug-likeness (QED) is 0.762. The van der Waals surface area contributed by atoms with Gasteiger partial charge in [0.25, 0.3) is 0 Å². The number of nitriles is 1. The van der Waals surface area contributed by atoms with Gasteiger partial charge < -0.3 is 4.57 Å². The predicted octanol–water partition coefficient (Wildman–Crippen LogP) is 2.32. The second kappa shape index (κ2) is 3.19. The Morgan fingerprint density at radius 2 is 2.46 bits per heavy atom. The maximum absolute atomic E-state index is 8.58. The Morgan fingerprint density at radius 3 is 3.23 bits per heavy atom. The van der Waals surface area contributed by atoms with Crippen molar-refractivity contribution in [2.75, 3.05) is 0 Å². The molecule has 0 aliphatic carbocycles. The maximum Gasteiger partial charge on any atom is 0.110 e. The molecule has 0 N–H and O–H groups in total. The van der Waals surface area contributed by atoms with Crippen molar-refractivity contribution in [2.45, 2.75) is 6.54 Å². The molecule has 0 saturated heterocycles. The van der Waals surface area contributed by atoms with Gasteiger partial charge in [-0.25, -0.2) is 0 Å². The topological polar surface area (TPSA) is 41.6 Å². The van der Waals surface area contributed by atoms with Crippen LogP contribution in [0.4, 0.5) is 0 Å². The highest BCUT2D eigenvalue weighted by Crippen LogP contribution is 2.24. The number of nitrogens with zero attached hydrogens (tertiary/aromatic N) is 3. The molecule has 0 aromatic carbocycles. The fourth-order valence-corrected chi connectivity index (χ4v) is 1.88. The van der Waals surface area contributed by atoms with Crippen molar-refractivity contribution in [2.24, 2.45) is 0 Å². The summed E-state index contributed by atoms with van der Waals surface area (Å²) in [6, 6.07) is 4.03. The van der Waals surface area contributed by atoms with E-state index in [1.807, 2.05) is 16.8 Å². The molecule has 3 nitrogen and oxygen atoms in total. The highest BCUT2D eigenvalue weighted by molar-refractivity contribution is 9.10. The van der Waals surface area contributed by atoms with Gasteiger partial charge in [0, 0.05) is 22.3 Å². The minimum Gasteiger partial charge on any atom is -0.331 e. The van der Waals surface area contributed by atoms with Crippen LogP contribution in [0.1, 0.15) is 0 Å². The maximum atomic E-state index is 8.58. The standard InChI is InChI=1S/C9H6BrN3/c10-8-6-13(4-2-11)9-5-12-3-1-7(8)9/h1,3,5-6H,4H2. The van der Waals surface area contributed by atoms with Crippen LogP contribution in [0.25, 0.3) is 10.9 Å². The summed E-state index contributed by atoms with van der Waals surface area (Å²) < 4.78 is 2.87. The molecule has 2 aromatic rings. The molecule has 64 valence electrons. The second-order valence-corrected chi connectivity index (χ2v) is 3.51. The zero-order chi connectivity index (χ0) is 9.26. The lowest BCUT2D eigenvalue weighted by Gasteiger charge is -1.95. The Bertz CT molecular complexity index is 481. The van der Waals surface area contributed by atoms with Crippen molar-refractivity contribution >= 4 is 26.8 Å². The van der Waals surface area contributed by atoms with Crippen LogP contribution in [0.3, 0.4) is 0 Å². The van der Waals surface area contributed by atoms with Crippen molar-refractivity contribution in [1.29, 1.82) is 5.26 Å². The van der Waals surface area contributed by atoms with Gasteiger partial charge >= 0.3 is 0 Å². The van der Waals surface area contributed by atoms with Gasteiger partial charge in [-0.1, -0.05) is 0 Å². The molecule has 0 radical (unpaired) electrons. The minimum atomic E-state index is 0.355. The molecule has 0 aliphatic rings. The summed E-state index contributed by atoms with van der Waals surface area (Å²) in [5.74, 6) is 0. The lowest BCUT2D eigenvalue weighted by Crippen LogP contribution is -1.92. The number of pyridine rings is 1.